The zero-order valence-electron chi connectivity index (χ0n) is 18.3. The number of guanidine groups is 1. The molecule has 1 unspecified atom stereocenters. The molecule has 0 bridgehead atoms. The number of imidazole rings is 1. The first kappa shape index (κ1) is 20.8. The quantitative estimate of drug-likeness (QED) is 0.198. The number of benzene rings is 2. The number of rotatable bonds is 7. The molecule has 0 radical (unpaired) electrons. The predicted octanol–water partition coefficient (Wildman–Crippen LogP) is 2.79. The molecule has 0 saturated heterocycles. The van der Waals surface area contributed by atoms with E-state index in [1.807, 2.05) is 48.7 Å². The van der Waals surface area contributed by atoms with E-state index in [2.05, 4.69) is 22.4 Å². The van der Waals surface area contributed by atoms with E-state index in [9.17, 15) is 5.11 Å². The Morgan fingerprint density at radius 1 is 1.06 bits per heavy atom. The SMILES string of the molecule is NC(N)=NCCCc1nc(C2CNc3ccccc32)cn2c(O)c(Cc3ccccc3)nc12. The van der Waals surface area contributed by atoms with Crippen LogP contribution in [0, 0.1) is 0 Å². The molecule has 2 aromatic carbocycles. The molecule has 1 aliphatic heterocycles. The maximum Gasteiger partial charge on any atom is 0.219 e. The van der Waals surface area contributed by atoms with Crippen LogP contribution in [0.25, 0.3) is 5.65 Å². The summed E-state index contributed by atoms with van der Waals surface area (Å²) in [5.41, 5.74) is 17.4. The molecule has 33 heavy (non-hydrogen) atoms. The second-order valence-corrected chi connectivity index (χ2v) is 8.28. The molecule has 5 rings (SSSR count). The Morgan fingerprint density at radius 3 is 2.67 bits per heavy atom. The van der Waals surface area contributed by atoms with Gasteiger partial charge < -0.3 is 21.9 Å². The van der Waals surface area contributed by atoms with E-state index in [-0.39, 0.29) is 17.8 Å². The maximum absolute atomic E-state index is 11.1. The van der Waals surface area contributed by atoms with Crippen LogP contribution in [0.1, 0.15) is 40.5 Å². The van der Waals surface area contributed by atoms with Crippen LogP contribution >= 0.6 is 0 Å². The summed E-state index contributed by atoms with van der Waals surface area (Å²) >= 11 is 0. The van der Waals surface area contributed by atoms with Crippen molar-refractivity contribution >= 4 is 17.3 Å². The normalized spacial score (nSPS) is 14.7. The van der Waals surface area contributed by atoms with Gasteiger partial charge in [-0.25, -0.2) is 4.98 Å². The molecule has 1 aliphatic rings. The number of aliphatic imine (C=N–C) groups is 1. The van der Waals surface area contributed by atoms with Gasteiger partial charge in [0.05, 0.1) is 11.4 Å². The lowest BCUT2D eigenvalue weighted by Gasteiger charge is -2.13. The molecule has 0 amide bonds. The van der Waals surface area contributed by atoms with Gasteiger partial charge in [0.15, 0.2) is 11.6 Å². The molecule has 2 aromatic heterocycles. The average Bonchev–Trinajstić information content (AvgIpc) is 3.39. The highest BCUT2D eigenvalue weighted by molar-refractivity contribution is 5.75. The number of nitrogens with one attached hydrogen (secondary N) is 1. The fourth-order valence-electron chi connectivity index (χ4n) is 4.41. The summed E-state index contributed by atoms with van der Waals surface area (Å²) in [4.78, 5) is 13.9. The van der Waals surface area contributed by atoms with Crippen LogP contribution in [0.2, 0.25) is 0 Å². The molecule has 168 valence electrons. The van der Waals surface area contributed by atoms with Crippen molar-refractivity contribution in [2.24, 2.45) is 16.5 Å². The Morgan fingerprint density at radius 2 is 1.85 bits per heavy atom. The van der Waals surface area contributed by atoms with Gasteiger partial charge in [-0.2, -0.15) is 0 Å². The molecular weight excluding hydrogens is 414 g/mol. The number of aromatic hydroxyl groups is 1. The second kappa shape index (κ2) is 8.82. The van der Waals surface area contributed by atoms with Gasteiger partial charge in [-0.15, -0.1) is 0 Å². The topological polar surface area (TPSA) is 127 Å². The van der Waals surface area contributed by atoms with Gasteiger partial charge in [0.1, 0.15) is 5.69 Å². The van der Waals surface area contributed by atoms with Crippen molar-refractivity contribution in [3.05, 3.63) is 89.0 Å². The van der Waals surface area contributed by atoms with Crippen molar-refractivity contribution in [2.75, 3.05) is 18.4 Å². The van der Waals surface area contributed by atoms with Gasteiger partial charge >= 0.3 is 0 Å². The summed E-state index contributed by atoms with van der Waals surface area (Å²) in [6.07, 6.45) is 3.84. The summed E-state index contributed by atoms with van der Waals surface area (Å²) in [7, 11) is 0. The largest absolute Gasteiger partial charge is 0.493 e. The van der Waals surface area contributed by atoms with Gasteiger partial charge in [0.25, 0.3) is 0 Å². The first-order valence-electron chi connectivity index (χ1n) is 11.1. The van der Waals surface area contributed by atoms with E-state index in [4.69, 9.17) is 21.4 Å². The highest BCUT2D eigenvalue weighted by Crippen LogP contribution is 2.36. The summed E-state index contributed by atoms with van der Waals surface area (Å²) in [6, 6.07) is 18.3. The van der Waals surface area contributed by atoms with Gasteiger partial charge in [0.2, 0.25) is 5.88 Å². The number of nitrogens with zero attached hydrogens (tertiary/aromatic N) is 4. The zero-order chi connectivity index (χ0) is 22.8. The minimum Gasteiger partial charge on any atom is -0.493 e. The van der Waals surface area contributed by atoms with Crippen molar-refractivity contribution in [3.8, 4) is 5.88 Å². The lowest BCUT2D eigenvalue weighted by molar-refractivity contribution is 0.441. The van der Waals surface area contributed by atoms with Crippen molar-refractivity contribution in [2.45, 2.75) is 25.2 Å². The first-order chi connectivity index (χ1) is 16.1. The van der Waals surface area contributed by atoms with E-state index in [0.717, 1.165) is 35.6 Å². The number of hydrogen-bond acceptors (Lipinski definition) is 5. The Bertz CT molecular complexity index is 1310. The Balaban J connectivity index is 1.55. The molecule has 0 fully saturated rings. The number of nitrogens with two attached hydrogens (primary N) is 2. The lowest BCUT2D eigenvalue weighted by Crippen LogP contribution is -2.23. The van der Waals surface area contributed by atoms with E-state index in [1.54, 1.807) is 4.40 Å². The molecule has 0 aliphatic carbocycles. The minimum absolute atomic E-state index is 0.0825. The van der Waals surface area contributed by atoms with E-state index >= 15 is 0 Å². The molecule has 4 aromatic rings. The van der Waals surface area contributed by atoms with Crippen LogP contribution in [-0.2, 0) is 12.8 Å². The molecule has 8 nitrogen and oxygen atoms in total. The Kier molecular flexibility index (Phi) is 5.56. The van der Waals surface area contributed by atoms with Crippen LogP contribution in [0.3, 0.4) is 0 Å². The molecule has 8 heteroatoms. The standard InChI is InChI=1S/C25H27N7O/c26-25(27)28-12-6-11-20-23-31-21(13-16-7-2-1-3-8-16)24(33)32(23)15-22(30-20)18-14-29-19-10-5-4-9-17(18)19/h1-5,7-10,15,18,29,33H,6,11-14H2,(H4,26,27,28). The fourth-order valence-corrected chi connectivity index (χ4v) is 4.41. The van der Waals surface area contributed by atoms with Crippen LogP contribution in [-0.4, -0.2) is 38.5 Å². The van der Waals surface area contributed by atoms with Crippen LogP contribution < -0.4 is 16.8 Å². The van der Waals surface area contributed by atoms with Crippen LogP contribution in [0.4, 0.5) is 5.69 Å². The van der Waals surface area contributed by atoms with Crippen LogP contribution in [0.15, 0.2) is 65.8 Å². The average molecular weight is 442 g/mol. The zero-order valence-corrected chi connectivity index (χ0v) is 18.3. The fraction of sp³-hybridized carbons (Fsp3) is 0.240. The highest BCUT2D eigenvalue weighted by atomic mass is 16.3. The molecule has 6 N–H and O–H groups in total. The first-order valence-corrected chi connectivity index (χ1v) is 11.1. The second-order valence-electron chi connectivity index (χ2n) is 8.28. The van der Waals surface area contributed by atoms with E-state index in [0.29, 0.717) is 30.7 Å². The summed E-state index contributed by atoms with van der Waals surface area (Å²) < 4.78 is 1.78. The third kappa shape index (κ3) is 4.19. The smallest absolute Gasteiger partial charge is 0.219 e. The number of para-hydroxylation sites is 1. The summed E-state index contributed by atoms with van der Waals surface area (Å²) in [5.74, 6) is 0.336. The molecule has 0 spiro atoms. The van der Waals surface area contributed by atoms with Crippen molar-refractivity contribution < 1.29 is 5.11 Å². The monoisotopic (exact) mass is 441 g/mol. The van der Waals surface area contributed by atoms with Crippen molar-refractivity contribution in [1.29, 1.82) is 0 Å². The van der Waals surface area contributed by atoms with Gasteiger partial charge in [-0.05, 0) is 30.0 Å². The van der Waals surface area contributed by atoms with Crippen molar-refractivity contribution in [3.63, 3.8) is 0 Å². The number of aryl methyl sites for hydroxylation is 1. The molecular formula is C25H27N7O. The van der Waals surface area contributed by atoms with E-state index in [1.165, 1.54) is 5.56 Å². The number of anilines is 1. The van der Waals surface area contributed by atoms with E-state index < -0.39 is 0 Å². The summed E-state index contributed by atoms with van der Waals surface area (Å²) in [6.45, 7) is 1.27. The van der Waals surface area contributed by atoms with Crippen LogP contribution in [0.5, 0.6) is 5.88 Å². The molecule has 0 saturated carbocycles. The van der Waals surface area contributed by atoms with Gasteiger partial charge in [-0.3, -0.25) is 14.4 Å². The minimum atomic E-state index is 0.0825. The number of fused-ring (bicyclic) bond motifs is 2. The third-order valence-corrected chi connectivity index (χ3v) is 6.01. The van der Waals surface area contributed by atoms with Crippen molar-refractivity contribution in [1.82, 2.24) is 14.4 Å². The number of aromatic nitrogens is 3. The summed E-state index contributed by atoms with van der Waals surface area (Å²) in [5, 5.41) is 14.5. The van der Waals surface area contributed by atoms with Gasteiger partial charge in [0, 0.05) is 37.3 Å². The Labute approximate surface area is 192 Å². The lowest BCUT2D eigenvalue weighted by atomic mass is 9.98. The Hall–Kier alpha value is -4.07. The molecule has 3 heterocycles. The highest BCUT2D eigenvalue weighted by Gasteiger charge is 2.27. The van der Waals surface area contributed by atoms with Gasteiger partial charge in [-0.1, -0.05) is 48.5 Å². The maximum atomic E-state index is 11.1. The number of hydrogen-bond donors (Lipinski definition) is 4. The molecule has 1 atom stereocenters. The predicted molar refractivity (Wildman–Crippen MR) is 130 cm³/mol. The third-order valence-electron chi connectivity index (χ3n) is 6.01.